The van der Waals surface area contributed by atoms with Crippen LogP contribution in [0.1, 0.15) is 53.2 Å². The van der Waals surface area contributed by atoms with E-state index in [2.05, 4.69) is 5.32 Å². The maximum atomic E-state index is 12.6. The zero-order valence-electron chi connectivity index (χ0n) is 16.7. The number of hydrogen-bond acceptors (Lipinski definition) is 4. The number of benzene rings is 2. The van der Waals surface area contributed by atoms with Crippen LogP contribution in [0.2, 0.25) is 0 Å². The number of hydrogen-bond donors (Lipinski definition) is 3. The zero-order valence-corrected chi connectivity index (χ0v) is 16.7. The van der Waals surface area contributed by atoms with Crippen molar-refractivity contribution in [2.45, 2.75) is 39.0 Å². The standard InChI is InChI=1S/C23H27N3O3/c1-2-11-29-21(27)13-15-3-4-16-5-6-18(14-19(16)12-15)23(28)26-20-9-7-17(8-10-20)22(24)25/h5-10,14-15H,2-4,11-13H2,1H3,(H3,24,25)(H,26,28). The number of rotatable bonds is 7. The number of esters is 1. The van der Waals surface area contributed by atoms with Gasteiger partial charge in [-0.15, -0.1) is 0 Å². The average Bonchev–Trinajstić information content (AvgIpc) is 2.72. The Morgan fingerprint density at radius 3 is 2.55 bits per heavy atom. The minimum Gasteiger partial charge on any atom is -0.466 e. The van der Waals surface area contributed by atoms with Crippen molar-refractivity contribution in [1.82, 2.24) is 0 Å². The molecule has 3 rings (SSSR count). The molecule has 4 N–H and O–H groups in total. The molecule has 6 heteroatoms. The molecule has 0 spiro atoms. The third-order valence-corrected chi connectivity index (χ3v) is 5.18. The van der Waals surface area contributed by atoms with E-state index in [0.29, 0.717) is 29.8 Å². The van der Waals surface area contributed by atoms with Gasteiger partial charge in [0.15, 0.2) is 0 Å². The summed E-state index contributed by atoms with van der Waals surface area (Å²) in [5, 5.41) is 10.3. The van der Waals surface area contributed by atoms with Gasteiger partial charge < -0.3 is 15.8 Å². The molecule has 0 aromatic heterocycles. The largest absolute Gasteiger partial charge is 0.466 e. The number of carbonyl (C=O) groups is 2. The molecule has 2 aromatic rings. The molecule has 0 saturated carbocycles. The van der Waals surface area contributed by atoms with Gasteiger partial charge in [-0.25, -0.2) is 0 Å². The Kier molecular flexibility index (Phi) is 6.65. The number of amidine groups is 1. The lowest BCUT2D eigenvalue weighted by atomic mass is 9.81. The fraction of sp³-hybridized carbons (Fsp3) is 0.348. The van der Waals surface area contributed by atoms with Gasteiger partial charge in [-0.1, -0.05) is 13.0 Å². The van der Waals surface area contributed by atoms with Gasteiger partial charge in [0.05, 0.1) is 6.61 Å². The molecule has 0 heterocycles. The third kappa shape index (κ3) is 5.44. The smallest absolute Gasteiger partial charge is 0.306 e. The van der Waals surface area contributed by atoms with E-state index in [0.717, 1.165) is 31.2 Å². The first-order valence-electron chi connectivity index (χ1n) is 9.99. The van der Waals surface area contributed by atoms with Crippen LogP contribution in [0.25, 0.3) is 0 Å². The first-order valence-corrected chi connectivity index (χ1v) is 9.99. The van der Waals surface area contributed by atoms with Crippen molar-refractivity contribution >= 4 is 23.4 Å². The molecule has 0 radical (unpaired) electrons. The maximum Gasteiger partial charge on any atom is 0.306 e. The highest BCUT2D eigenvalue weighted by Gasteiger charge is 2.22. The minimum absolute atomic E-state index is 0.00862. The predicted molar refractivity (Wildman–Crippen MR) is 113 cm³/mol. The van der Waals surface area contributed by atoms with E-state index in [1.54, 1.807) is 24.3 Å². The van der Waals surface area contributed by atoms with E-state index < -0.39 is 0 Å². The first kappa shape index (κ1) is 20.6. The van der Waals surface area contributed by atoms with Crippen LogP contribution in [0.3, 0.4) is 0 Å². The van der Waals surface area contributed by atoms with E-state index in [1.165, 1.54) is 5.56 Å². The Bertz CT molecular complexity index is 906. The molecule has 1 aliphatic carbocycles. The van der Waals surface area contributed by atoms with Gasteiger partial charge in [0, 0.05) is 23.2 Å². The Morgan fingerprint density at radius 2 is 1.86 bits per heavy atom. The highest BCUT2D eigenvalue weighted by atomic mass is 16.5. The lowest BCUT2D eigenvalue weighted by Crippen LogP contribution is -2.20. The predicted octanol–water partition coefficient (Wildman–Crippen LogP) is 3.67. The molecule has 2 aromatic carbocycles. The van der Waals surface area contributed by atoms with Crippen LogP contribution in [0.5, 0.6) is 0 Å². The number of aryl methyl sites for hydroxylation is 1. The SMILES string of the molecule is CCCOC(=O)CC1CCc2ccc(C(=O)Nc3ccc(C(=N)N)cc3)cc2C1. The Morgan fingerprint density at radius 1 is 1.14 bits per heavy atom. The maximum absolute atomic E-state index is 12.6. The van der Waals surface area contributed by atoms with E-state index in [1.807, 2.05) is 25.1 Å². The van der Waals surface area contributed by atoms with Gasteiger partial charge in [-0.05, 0) is 79.1 Å². The number of nitrogen functional groups attached to an aromatic ring is 1. The third-order valence-electron chi connectivity index (χ3n) is 5.18. The second kappa shape index (κ2) is 9.37. The number of fused-ring (bicyclic) bond motifs is 1. The molecule has 1 amide bonds. The van der Waals surface area contributed by atoms with Crippen LogP contribution < -0.4 is 11.1 Å². The number of nitrogens with two attached hydrogens (primary N) is 1. The van der Waals surface area contributed by atoms with Gasteiger partial charge >= 0.3 is 5.97 Å². The quantitative estimate of drug-likeness (QED) is 0.379. The summed E-state index contributed by atoms with van der Waals surface area (Å²) in [5.74, 6) is -0.0777. The fourth-order valence-corrected chi connectivity index (χ4v) is 3.59. The molecular weight excluding hydrogens is 366 g/mol. The van der Waals surface area contributed by atoms with Crippen molar-refractivity contribution in [2.75, 3.05) is 11.9 Å². The van der Waals surface area contributed by atoms with Crippen molar-refractivity contribution in [3.05, 3.63) is 64.7 Å². The fourth-order valence-electron chi connectivity index (χ4n) is 3.59. The number of anilines is 1. The van der Waals surface area contributed by atoms with E-state index in [4.69, 9.17) is 15.9 Å². The number of amides is 1. The number of nitrogens with one attached hydrogen (secondary N) is 2. The average molecular weight is 393 g/mol. The van der Waals surface area contributed by atoms with E-state index in [-0.39, 0.29) is 23.6 Å². The van der Waals surface area contributed by atoms with Crippen LogP contribution >= 0.6 is 0 Å². The lowest BCUT2D eigenvalue weighted by molar-refractivity contribution is -0.144. The second-order valence-electron chi connectivity index (χ2n) is 7.46. The summed E-state index contributed by atoms with van der Waals surface area (Å²) < 4.78 is 5.21. The summed E-state index contributed by atoms with van der Waals surface area (Å²) in [7, 11) is 0. The molecule has 152 valence electrons. The van der Waals surface area contributed by atoms with Gasteiger partial charge in [-0.3, -0.25) is 15.0 Å². The summed E-state index contributed by atoms with van der Waals surface area (Å²) in [5.41, 5.74) is 9.67. The van der Waals surface area contributed by atoms with Crippen LogP contribution in [-0.2, 0) is 22.4 Å². The van der Waals surface area contributed by atoms with Crippen molar-refractivity contribution < 1.29 is 14.3 Å². The van der Waals surface area contributed by atoms with E-state index >= 15 is 0 Å². The second-order valence-corrected chi connectivity index (χ2v) is 7.46. The van der Waals surface area contributed by atoms with Crippen molar-refractivity contribution in [1.29, 1.82) is 5.41 Å². The van der Waals surface area contributed by atoms with Crippen LogP contribution in [0.15, 0.2) is 42.5 Å². The number of carbonyl (C=O) groups excluding carboxylic acids is 2. The summed E-state index contributed by atoms with van der Waals surface area (Å²) >= 11 is 0. The Labute approximate surface area is 171 Å². The topological polar surface area (TPSA) is 105 Å². The highest BCUT2D eigenvalue weighted by molar-refractivity contribution is 6.04. The van der Waals surface area contributed by atoms with Gasteiger partial charge in [0.2, 0.25) is 0 Å². The van der Waals surface area contributed by atoms with Gasteiger partial charge in [-0.2, -0.15) is 0 Å². The minimum atomic E-state index is -0.187. The molecule has 0 saturated heterocycles. The normalized spacial score (nSPS) is 15.3. The highest BCUT2D eigenvalue weighted by Crippen LogP contribution is 2.29. The zero-order chi connectivity index (χ0) is 20.8. The summed E-state index contributed by atoms with van der Waals surface area (Å²) in [6.07, 6.45) is 3.91. The Hall–Kier alpha value is -3.15. The molecule has 6 nitrogen and oxygen atoms in total. The van der Waals surface area contributed by atoms with Gasteiger partial charge in [0.25, 0.3) is 5.91 Å². The molecule has 1 aliphatic rings. The van der Waals surface area contributed by atoms with Crippen molar-refractivity contribution in [3.63, 3.8) is 0 Å². The summed E-state index contributed by atoms with van der Waals surface area (Å²) in [6, 6.07) is 12.6. The lowest BCUT2D eigenvalue weighted by Gasteiger charge is -2.24. The van der Waals surface area contributed by atoms with Crippen molar-refractivity contribution in [2.24, 2.45) is 11.7 Å². The monoisotopic (exact) mass is 393 g/mol. The molecule has 1 unspecified atom stereocenters. The van der Waals surface area contributed by atoms with Crippen LogP contribution in [0, 0.1) is 11.3 Å². The summed E-state index contributed by atoms with van der Waals surface area (Å²) in [4.78, 5) is 24.6. The van der Waals surface area contributed by atoms with E-state index in [9.17, 15) is 9.59 Å². The first-order chi connectivity index (χ1) is 14.0. The molecule has 0 fully saturated rings. The summed E-state index contributed by atoms with van der Waals surface area (Å²) in [6.45, 7) is 2.45. The van der Waals surface area contributed by atoms with Crippen molar-refractivity contribution in [3.8, 4) is 0 Å². The number of ether oxygens (including phenoxy) is 1. The van der Waals surface area contributed by atoms with Crippen LogP contribution in [-0.4, -0.2) is 24.3 Å². The molecule has 1 atom stereocenters. The molecular formula is C23H27N3O3. The van der Waals surface area contributed by atoms with Gasteiger partial charge in [0.1, 0.15) is 5.84 Å². The molecule has 29 heavy (non-hydrogen) atoms. The molecule has 0 aliphatic heterocycles. The molecule has 0 bridgehead atoms. The van der Waals surface area contributed by atoms with Crippen LogP contribution in [0.4, 0.5) is 5.69 Å². The Balaban J connectivity index is 1.65.